The molecule has 1 aromatic carbocycles. The van der Waals surface area contributed by atoms with E-state index >= 15 is 0 Å². The van der Waals surface area contributed by atoms with Crippen molar-refractivity contribution in [2.75, 3.05) is 19.0 Å². The highest BCUT2D eigenvalue weighted by Crippen LogP contribution is 2.26. The second kappa shape index (κ2) is 6.35. The maximum absolute atomic E-state index is 10.8. The maximum atomic E-state index is 10.8. The molecule has 0 aromatic heterocycles. The van der Waals surface area contributed by atoms with E-state index in [2.05, 4.69) is 5.32 Å². The smallest absolute Gasteiger partial charge is 0.308 e. The van der Waals surface area contributed by atoms with Crippen LogP contribution in [0.1, 0.15) is 13.3 Å². The van der Waals surface area contributed by atoms with Crippen LogP contribution in [0.25, 0.3) is 0 Å². The van der Waals surface area contributed by atoms with Crippen molar-refractivity contribution < 1.29 is 14.6 Å². The topological polar surface area (TPSA) is 58.6 Å². The minimum Gasteiger partial charge on any atom is -0.497 e. The zero-order valence-electron chi connectivity index (χ0n) is 9.87. The zero-order valence-corrected chi connectivity index (χ0v) is 10.6. The van der Waals surface area contributed by atoms with E-state index in [1.54, 1.807) is 25.3 Å². The lowest BCUT2D eigenvalue weighted by Gasteiger charge is -2.13. The lowest BCUT2D eigenvalue weighted by molar-refractivity contribution is -0.141. The average Bonchev–Trinajstić information content (AvgIpc) is 2.31. The van der Waals surface area contributed by atoms with E-state index < -0.39 is 11.9 Å². The molecule has 5 heteroatoms. The average molecular weight is 258 g/mol. The number of hydrogen-bond donors (Lipinski definition) is 2. The van der Waals surface area contributed by atoms with Gasteiger partial charge in [0.15, 0.2) is 0 Å². The molecule has 0 bridgehead atoms. The summed E-state index contributed by atoms with van der Waals surface area (Å²) in [4.78, 5) is 10.8. The van der Waals surface area contributed by atoms with Crippen LogP contribution in [0.3, 0.4) is 0 Å². The Morgan fingerprint density at radius 2 is 2.29 bits per heavy atom. The van der Waals surface area contributed by atoms with Crippen LogP contribution in [0.5, 0.6) is 5.75 Å². The third-order valence-corrected chi connectivity index (χ3v) is 2.87. The lowest BCUT2D eigenvalue weighted by Crippen LogP contribution is -2.22. The van der Waals surface area contributed by atoms with Crippen LogP contribution in [0.2, 0.25) is 5.02 Å². The van der Waals surface area contributed by atoms with Gasteiger partial charge in [0.25, 0.3) is 0 Å². The molecule has 0 aliphatic heterocycles. The minimum absolute atomic E-state index is 0.359. The summed E-state index contributed by atoms with van der Waals surface area (Å²) < 4.78 is 5.03. The molecule has 0 saturated carbocycles. The van der Waals surface area contributed by atoms with E-state index in [4.69, 9.17) is 21.4 Å². The van der Waals surface area contributed by atoms with Crippen LogP contribution in [0, 0.1) is 5.92 Å². The summed E-state index contributed by atoms with van der Waals surface area (Å²) in [5.74, 6) is -0.538. The molecule has 2 N–H and O–H groups in total. The number of methoxy groups -OCH3 is 1. The first-order valence-electron chi connectivity index (χ1n) is 5.38. The Balaban J connectivity index is 2.66. The van der Waals surface area contributed by atoms with Gasteiger partial charge in [-0.25, -0.2) is 0 Å². The van der Waals surface area contributed by atoms with Crippen LogP contribution in [0.4, 0.5) is 5.69 Å². The fraction of sp³-hybridized carbons (Fsp3) is 0.417. The van der Waals surface area contributed by atoms with E-state index in [-0.39, 0.29) is 0 Å². The number of anilines is 1. The summed E-state index contributed by atoms with van der Waals surface area (Å²) >= 11 is 6.02. The van der Waals surface area contributed by atoms with E-state index in [0.29, 0.717) is 29.4 Å². The van der Waals surface area contributed by atoms with E-state index in [9.17, 15) is 4.79 Å². The van der Waals surface area contributed by atoms with Gasteiger partial charge in [-0.3, -0.25) is 4.79 Å². The molecular weight excluding hydrogens is 242 g/mol. The number of ether oxygens (including phenoxy) is 1. The van der Waals surface area contributed by atoms with Crippen LogP contribution in [-0.2, 0) is 4.79 Å². The molecule has 0 aliphatic rings. The number of halogens is 1. The standard InChI is InChI=1S/C12H16ClNO3/c1-3-8(12(15)16)7-14-11-5-4-9(17-2)6-10(11)13/h4-6,8,14H,3,7H2,1-2H3,(H,15,16). The lowest BCUT2D eigenvalue weighted by atomic mass is 10.1. The largest absolute Gasteiger partial charge is 0.497 e. The predicted molar refractivity (Wildman–Crippen MR) is 67.9 cm³/mol. The molecule has 1 rings (SSSR count). The Bertz CT molecular complexity index is 395. The minimum atomic E-state index is -0.801. The normalized spacial score (nSPS) is 11.9. The van der Waals surface area contributed by atoms with Gasteiger partial charge in [0.05, 0.1) is 23.7 Å². The molecule has 1 aromatic rings. The SMILES string of the molecule is CCC(CNc1ccc(OC)cc1Cl)C(=O)O. The van der Waals surface area contributed by atoms with Crippen molar-refractivity contribution in [2.45, 2.75) is 13.3 Å². The van der Waals surface area contributed by atoms with Crippen molar-refractivity contribution in [3.05, 3.63) is 23.2 Å². The van der Waals surface area contributed by atoms with Crippen molar-refractivity contribution in [2.24, 2.45) is 5.92 Å². The van der Waals surface area contributed by atoms with Gasteiger partial charge in [-0.15, -0.1) is 0 Å². The highest BCUT2D eigenvalue weighted by molar-refractivity contribution is 6.33. The van der Waals surface area contributed by atoms with Crippen LogP contribution in [-0.4, -0.2) is 24.7 Å². The van der Waals surface area contributed by atoms with Crippen LogP contribution in [0.15, 0.2) is 18.2 Å². The van der Waals surface area contributed by atoms with Crippen LogP contribution < -0.4 is 10.1 Å². The third-order valence-electron chi connectivity index (χ3n) is 2.56. The van der Waals surface area contributed by atoms with Crippen molar-refractivity contribution in [3.63, 3.8) is 0 Å². The second-order valence-electron chi connectivity index (χ2n) is 3.67. The molecule has 0 radical (unpaired) electrons. The Kier molecular flexibility index (Phi) is 5.10. The number of carboxylic acid groups (broad SMARTS) is 1. The summed E-state index contributed by atoms with van der Waals surface area (Å²) in [5, 5.41) is 12.5. The van der Waals surface area contributed by atoms with Crippen molar-refractivity contribution in [3.8, 4) is 5.75 Å². The van der Waals surface area contributed by atoms with Crippen molar-refractivity contribution in [1.82, 2.24) is 0 Å². The van der Waals surface area contributed by atoms with Gasteiger partial charge < -0.3 is 15.2 Å². The fourth-order valence-electron chi connectivity index (χ4n) is 1.41. The van der Waals surface area contributed by atoms with Crippen molar-refractivity contribution in [1.29, 1.82) is 0 Å². The Labute approximate surface area is 106 Å². The van der Waals surface area contributed by atoms with Gasteiger partial charge in [-0.1, -0.05) is 18.5 Å². The molecule has 17 heavy (non-hydrogen) atoms. The predicted octanol–water partition coefficient (Wildman–Crippen LogP) is 2.87. The van der Waals surface area contributed by atoms with Gasteiger partial charge in [0.1, 0.15) is 5.75 Å². The summed E-state index contributed by atoms with van der Waals surface area (Å²) in [6.45, 7) is 2.20. The number of nitrogens with one attached hydrogen (secondary N) is 1. The number of benzene rings is 1. The molecule has 0 aliphatic carbocycles. The Morgan fingerprint density at radius 3 is 2.76 bits per heavy atom. The Morgan fingerprint density at radius 1 is 1.59 bits per heavy atom. The second-order valence-corrected chi connectivity index (χ2v) is 4.08. The molecule has 0 amide bonds. The first-order valence-corrected chi connectivity index (χ1v) is 5.76. The molecule has 1 unspecified atom stereocenters. The number of carbonyl (C=O) groups is 1. The Hall–Kier alpha value is -1.42. The third kappa shape index (κ3) is 3.82. The molecule has 0 fully saturated rings. The summed E-state index contributed by atoms with van der Waals surface area (Å²) in [5.41, 5.74) is 0.715. The van der Waals surface area contributed by atoms with E-state index in [0.717, 1.165) is 0 Å². The van der Waals surface area contributed by atoms with E-state index in [1.165, 1.54) is 0 Å². The molecule has 1 atom stereocenters. The van der Waals surface area contributed by atoms with Gasteiger partial charge >= 0.3 is 5.97 Å². The van der Waals surface area contributed by atoms with Gasteiger partial charge in [0, 0.05) is 12.6 Å². The highest BCUT2D eigenvalue weighted by atomic mass is 35.5. The number of aliphatic carboxylic acids is 1. The molecule has 0 saturated heterocycles. The van der Waals surface area contributed by atoms with Gasteiger partial charge in [-0.2, -0.15) is 0 Å². The number of carboxylic acids is 1. The molecule has 4 nitrogen and oxygen atoms in total. The van der Waals surface area contributed by atoms with Crippen LogP contribution >= 0.6 is 11.6 Å². The van der Waals surface area contributed by atoms with E-state index in [1.807, 2.05) is 6.92 Å². The summed E-state index contributed by atoms with van der Waals surface area (Å²) in [7, 11) is 1.57. The summed E-state index contributed by atoms with van der Waals surface area (Å²) in [6, 6.07) is 5.23. The molecule has 0 spiro atoms. The monoisotopic (exact) mass is 257 g/mol. The molecule has 94 valence electrons. The quantitative estimate of drug-likeness (QED) is 0.823. The highest BCUT2D eigenvalue weighted by Gasteiger charge is 2.14. The first-order chi connectivity index (χ1) is 8.08. The van der Waals surface area contributed by atoms with Gasteiger partial charge in [0.2, 0.25) is 0 Å². The first kappa shape index (κ1) is 13.6. The fourth-order valence-corrected chi connectivity index (χ4v) is 1.64. The molecule has 0 heterocycles. The zero-order chi connectivity index (χ0) is 12.8. The number of rotatable bonds is 6. The summed E-state index contributed by atoms with van der Waals surface area (Å²) in [6.07, 6.45) is 0.579. The maximum Gasteiger partial charge on any atom is 0.308 e. The number of hydrogen-bond acceptors (Lipinski definition) is 3. The molecular formula is C12H16ClNO3. The van der Waals surface area contributed by atoms with Crippen molar-refractivity contribution >= 4 is 23.3 Å². The van der Waals surface area contributed by atoms with Gasteiger partial charge in [-0.05, 0) is 18.6 Å².